The fourth-order valence-corrected chi connectivity index (χ4v) is 2.14. The molecule has 2 aromatic rings. The normalized spacial score (nSPS) is 12.6. The Balaban J connectivity index is 2.22. The van der Waals surface area contributed by atoms with E-state index in [0.717, 1.165) is 18.5 Å². The van der Waals surface area contributed by atoms with Gasteiger partial charge in [-0.05, 0) is 30.7 Å². The van der Waals surface area contributed by atoms with Crippen LogP contribution in [-0.4, -0.2) is 27.0 Å². The van der Waals surface area contributed by atoms with Gasteiger partial charge in [-0.15, -0.1) is 5.10 Å². The molecule has 18 heavy (non-hydrogen) atoms. The van der Waals surface area contributed by atoms with Crippen molar-refractivity contribution in [1.82, 2.24) is 25.3 Å². The van der Waals surface area contributed by atoms with Gasteiger partial charge in [0.15, 0.2) is 0 Å². The maximum atomic E-state index is 4.18. The lowest BCUT2D eigenvalue weighted by molar-refractivity contribution is 0.577. The fraction of sp³-hybridized carbons (Fsp3) is 0.462. The highest BCUT2D eigenvalue weighted by atomic mass is 15.4. The number of nitrogens with zero attached hydrogens (tertiary/aromatic N) is 4. The smallest absolute Gasteiger partial charge is 0.0845 e. The lowest BCUT2D eigenvalue weighted by atomic mass is 9.97. The summed E-state index contributed by atoms with van der Waals surface area (Å²) in [5, 5.41) is 11.5. The molecule has 2 heterocycles. The van der Waals surface area contributed by atoms with Gasteiger partial charge in [-0.25, -0.2) is 0 Å². The monoisotopic (exact) mass is 245 g/mol. The van der Waals surface area contributed by atoms with E-state index < -0.39 is 0 Å². The van der Waals surface area contributed by atoms with Gasteiger partial charge in [0.2, 0.25) is 0 Å². The van der Waals surface area contributed by atoms with Crippen molar-refractivity contribution in [2.75, 3.05) is 7.05 Å². The minimum atomic E-state index is 0.250. The van der Waals surface area contributed by atoms with Crippen molar-refractivity contribution >= 4 is 0 Å². The lowest BCUT2D eigenvalue weighted by Gasteiger charge is -2.18. The molecule has 0 aliphatic heterocycles. The summed E-state index contributed by atoms with van der Waals surface area (Å²) in [5.41, 5.74) is 3.57. The van der Waals surface area contributed by atoms with E-state index in [-0.39, 0.29) is 6.04 Å². The van der Waals surface area contributed by atoms with Gasteiger partial charge in [-0.2, -0.15) is 0 Å². The second-order valence-electron chi connectivity index (χ2n) is 4.36. The molecule has 0 spiro atoms. The van der Waals surface area contributed by atoms with Gasteiger partial charge < -0.3 is 5.32 Å². The molecule has 1 unspecified atom stereocenters. The largest absolute Gasteiger partial charge is 0.313 e. The molecule has 0 aromatic carbocycles. The predicted octanol–water partition coefficient (Wildman–Crippen LogP) is 1.28. The van der Waals surface area contributed by atoms with Crippen LogP contribution in [0.5, 0.6) is 0 Å². The molecule has 0 aliphatic rings. The molecule has 1 N–H and O–H groups in total. The Morgan fingerprint density at radius 2 is 2.28 bits per heavy atom. The highest BCUT2D eigenvalue weighted by Gasteiger charge is 2.15. The maximum Gasteiger partial charge on any atom is 0.0845 e. The molecule has 5 nitrogen and oxygen atoms in total. The lowest BCUT2D eigenvalue weighted by Crippen LogP contribution is -2.20. The van der Waals surface area contributed by atoms with Gasteiger partial charge in [-0.1, -0.05) is 12.1 Å². The molecule has 0 aliphatic carbocycles. The van der Waals surface area contributed by atoms with Crippen molar-refractivity contribution in [3.8, 4) is 0 Å². The van der Waals surface area contributed by atoms with E-state index in [1.807, 2.05) is 32.7 Å². The average Bonchev–Trinajstić information content (AvgIpc) is 2.81. The topological polar surface area (TPSA) is 55.6 Å². The standard InChI is InChI=1S/C13H19N5/c1-4-10-8-15-6-5-12(10)13(14-2)7-11-9-18(3)17-16-11/h5-6,8-9,13-14H,4,7H2,1-3H3. The van der Waals surface area contributed by atoms with Gasteiger partial charge in [-0.3, -0.25) is 9.67 Å². The number of rotatable bonds is 5. The van der Waals surface area contributed by atoms with Crippen molar-refractivity contribution in [1.29, 1.82) is 0 Å². The number of nitrogens with one attached hydrogen (secondary N) is 1. The van der Waals surface area contributed by atoms with E-state index in [4.69, 9.17) is 0 Å². The number of aromatic nitrogens is 4. The molecule has 96 valence electrons. The van der Waals surface area contributed by atoms with Crippen LogP contribution in [0.1, 0.15) is 29.8 Å². The van der Waals surface area contributed by atoms with Crippen LogP contribution in [0.25, 0.3) is 0 Å². The summed E-state index contributed by atoms with van der Waals surface area (Å²) in [6.07, 6.45) is 7.56. The van der Waals surface area contributed by atoms with E-state index in [0.29, 0.717) is 0 Å². The number of aryl methyl sites for hydroxylation is 2. The summed E-state index contributed by atoms with van der Waals surface area (Å²) >= 11 is 0. The number of hydrogen-bond donors (Lipinski definition) is 1. The molecule has 0 fully saturated rings. The van der Waals surface area contributed by atoms with Crippen LogP contribution in [0.15, 0.2) is 24.7 Å². The zero-order valence-electron chi connectivity index (χ0n) is 11.1. The molecule has 0 bridgehead atoms. The third kappa shape index (κ3) is 2.73. The Morgan fingerprint density at radius 3 is 2.89 bits per heavy atom. The Bertz CT molecular complexity index is 506. The van der Waals surface area contributed by atoms with Gasteiger partial charge in [0.05, 0.1) is 5.69 Å². The maximum absolute atomic E-state index is 4.18. The zero-order valence-corrected chi connectivity index (χ0v) is 11.1. The van der Waals surface area contributed by atoms with E-state index in [1.54, 1.807) is 4.68 Å². The van der Waals surface area contributed by atoms with Crippen molar-refractivity contribution in [3.63, 3.8) is 0 Å². The van der Waals surface area contributed by atoms with Gasteiger partial charge in [0, 0.05) is 38.1 Å². The highest BCUT2D eigenvalue weighted by Crippen LogP contribution is 2.20. The summed E-state index contributed by atoms with van der Waals surface area (Å²) in [7, 11) is 3.86. The first-order chi connectivity index (χ1) is 8.74. The number of pyridine rings is 1. The van der Waals surface area contributed by atoms with Crippen molar-refractivity contribution < 1.29 is 0 Å². The zero-order chi connectivity index (χ0) is 13.0. The average molecular weight is 245 g/mol. The van der Waals surface area contributed by atoms with Crippen LogP contribution >= 0.6 is 0 Å². The van der Waals surface area contributed by atoms with Crippen LogP contribution in [0.3, 0.4) is 0 Å². The van der Waals surface area contributed by atoms with Gasteiger partial charge >= 0.3 is 0 Å². The summed E-state index contributed by atoms with van der Waals surface area (Å²) in [6.45, 7) is 2.15. The molecule has 0 amide bonds. The van der Waals surface area contributed by atoms with Crippen molar-refractivity contribution in [2.24, 2.45) is 7.05 Å². The molecule has 0 saturated carbocycles. The minimum absolute atomic E-state index is 0.250. The van der Waals surface area contributed by atoms with E-state index in [2.05, 4.69) is 33.6 Å². The molecular weight excluding hydrogens is 226 g/mol. The summed E-state index contributed by atoms with van der Waals surface area (Å²) < 4.78 is 1.73. The summed E-state index contributed by atoms with van der Waals surface area (Å²) in [4.78, 5) is 4.18. The molecule has 2 aromatic heterocycles. The van der Waals surface area contributed by atoms with Crippen LogP contribution in [0.2, 0.25) is 0 Å². The van der Waals surface area contributed by atoms with Crippen molar-refractivity contribution in [3.05, 3.63) is 41.5 Å². The summed E-state index contributed by atoms with van der Waals surface area (Å²) in [5.74, 6) is 0. The molecule has 5 heteroatoms. The quantitative estimate of drug-likeness (QED) is 0.862. The van der Waals surface area contributed by atoms with Crippen LogP contribution < -0.4 is 5.32 Å². The second kappa shape index (κ2) is 5.73. The second-order valence-corrected chi connectivity index (χ2v) is 4.36. The van der Waals surface area contributed by atoms with Crippen LogP contribution in [-0.2, 0) is 19.9 Å². The minimum Gasteiger partial charge on any atom is -0.313 e. The van der Waals surface area contributed by atoms with Gasteiger partial charge in [0.25, 0.3) is 0 Å². The number of likely N-dealkylation sites (N-methyl/N-ethyl adjacent to an activating group) is 1. The number of hydrogen-bond acceptors (Lipinski definition) is 4. The Morgan fingerprint density at radius 1 is 1.44 bits per heavy atom. The van der Waals surface area contributed by atoms with Crippen LogP contribution in [0.4, 0.5) is 0 Å². The molecule has 1 atom stereocenters. The summed E-state index contributed by atoms with van der Waals surface area (Å²) in [6, 6.07) is 2.33. The molecule has 0 radical (unpaired) electrons. The van der Waals surface area contributed by atoms with Crippen LogP contribution in [0, 0.1) is 0 Å². The highest BCUT2D eigenvalue weighted by molar-refractivity contribution is 5.27. The molecule has 2 rings (SSSR count). The third-order valence-corrected chi connectivity index (χ3v) is 3.11. The van der Waals surface area contributed by atoms with Crippen molar-refractivity contribution in [2.45, 2.75) is 25.8 Å². The first kappa shape index (κ1) is 12.7. The van der Waals surface area contributed by atoms with E-state index >= 15 is 0 Å². The SMILES string of the molecule is CCc1cnccc1C(Cc1cn(C)nn1)NC. The Kier molecular flexibility index (Phi) is 4.04. The molecular formula is C13H19N5. The predicted molar refractivity (Wildman–Crippen MR) is 70.1 cm³/mol. The van der Waals surface area contributed by atoms with E-state index in [9.17, 15) is 0 Å². The first-order valence-corrected chi connectivity index (χ1v) is 6.19. The Labute approximate surface area is 107 Å². The molecule has 0 saturated heterocycles. The Hall–Kier alpha value is -1.75. The van der Waals surface area contributed by atoms with Gasteiger partial charge in [0.1, 0.15) is 0 Å². The fourth-order valence-electron chi connectivity index (χ4n) is 2.14. The van der Waals surface area contributed by atoms with E-state index in [1.165, 1.54) is 11.1 Å². The third-order valence-electron chi connectivity index (χ3n) is 3.11. The first-order valence-electron chi connectivity index (χ1n) is 6.19.